The molecule has 0 spiro atoms. The van der Waals surface area contributed by atoms with E-state index in [9.17, 15) is 14.7 Å². The summed E-state index contributed by atoms with van der Waals surface area (Å²) in [6, 6.07) is 23.1. The summed E-state index contributed by atoms with van der Waals surface area (Å²) in [6.45, 7) is 0. The number of benzene rings is 2. The first-order chi connectivity index (χ1) is 14.2. The van der Waals surface area contributed by atoms with Crippen LogP contribution in [0.15, 0.2) is 99.1 Å². The van der Waals surface area contributed by atoms with E-state index < -0.39 is 5.63 Å². The van der Waals surface area contributed by atoms with Crippen molar-refractivity contribution in [1.29, 1.82) is 0 Å². The maximum absolute atomic E-state index is 13.2. The van der Waals surface area contributed by atoms with E-state index in [-0.39, 0.29) is 28.0 Å². The van der Waals surface area contributed by atoms with Gasteiger partial charge in [0.05, 0.1) is 16.5 Å². The van der Waals surface area contributed by atoms with Gasteiger partial charge in [-0.2, -0.15) is 0 Å². The first kappa shape index (κ1) is 17.0. The third-order valence-corrected chi connectivity index (χ3v) is 5.00. The van der Waals surface area contributed by atoms with E-state index in [1.54, 1.807) is 72.9 Å². The minimum atomic E-state index is -0.696. The molecule has 5 aromatic rings. The quantitative estimate of drug-likeness (QED) is 0.459. The van der Waals surface area contributed by atoms with Crippen molar-refractivity contribution in [1.82, 2.24) is 4.40 Å². The van der Waals surface area contributed by atoms with Crippen molar-refractivity contribution in [3.8, 4) is 28.0 Å². The number of fused-ring (bicyclic) bond motifs is 3. The summed E-state index contributed by atoms with van der Waals surface area (Å²) in [5.41, 5.74) is 0.975. The zero-order valence-electron chi connectivity index (χ0n) is 15.2. The van der Waals surface area contributed by atoms with E-state index in [1.165, 1.54) is 4.40 Å². The fourth-order valence-corrected chi connectivity index (χ4v) is 3.70. The predicted octanol–water partition coefficient (Wildman–Crippen LogP) is 4.45. The summed E-state index contributed by atoms with van der Waals surface area (Å²) in [4.78, 5) is 26.1. The van der Waals surface area contributed by atoms with Crippen LogP contribution < -0.4 is 11.2 Å². The van der Waals surface area contributed by atoms with Crippen LogP contribution in [-0.4, -0.2) is 9.51 Å². The van der Waals surface area contributed by atoms with Crippen LogP contribution in [0.3, 0.4) is 0 Å². The van der Waals surface area contributed by atoms with Crippen LogP contribution in [0.5, 0.6) is 5.75 Å². The van der Waals surface area contributed by atoms with Gasteiger partial charge in [-0.1, -0.05) is 66.7 Å². The minimum absolute atomic E-state index is 0.0708. The number of rotatable bonds is 2. The lowest BCUT2D eigenvalue weighted by Gasteiger charge is -2.13. The molecule has 0 aliphatic carbocycles. The minimum Gasteiger partial charge on any atom is -0.506 e. The Hall–Kier alpha value is -4.12. The summed E-state index contributed by atoms with van der Waals surface area (Å²) in [5, 5.41) is 11.5. The van der Waals surface area contributed by atoms with Crippen LogP contribution in [0.2, 0.25) is 0 Å². The largest absolute Gasteiger partial charge is 0.506 e. The Morgan fingerprint density at radius 3 is 1.97 bits per heavy atom. The molecule has 5 rings (SSSR count). The van der Waals surface area contributed by atoms with E-state index in [0.29, 0.717) is 22.0 Å². The molecule has 0 amide bonds. The molecule has 0 aliphatic heterocycles. The second kappa shape index (κ2) is 6.49. The number of aromatic nitrogens is 1. The molecule has 5 heteroatoms. The van der Waals surface area contributed by atoms with Crippen LogP contribution >= 0.6 is 0 Å². The lowest BCUT2D eigenvalue weighted by Crippen LogP contribution is -2.17. The Balaban J connectivity index is 2.04. The highest BCUT2D eigenvalue weighted by atomic mass is 16.4. The number of hydrogen-bond donors (Lipinski definition) is 1. The van der Waals surface area contributed by atoms with Crippen molar-refractivity contribution in [2.24, 2.45) is 0 Å². The first-order valence-corrected chi connectivity index (χ1v) is 9.11. The van der Waals surface area contributed by atoms with Gasteiger partial charge in [-0.15, -0.1) is 0 Å². The fraction of sp³-hybridized carbons (Fsp3) is 0. The number of nitrogens with zero attached hydrogens (tertiary/aromatic N) is 1. The van der Waals surface area contributed by atoms with Gasteiger partial charge < -0.3 is 9.52 Å². The monoisotopic (exact) mass is 381 g/mol. The molecular weight excluding hydrogens is 366 g/mol. The molecule has 140 valence electrons. The zero-order valence-corrected chi connectivity index (χ0v) is 15.2. The van der Waals surface area contributed by atoms with Gasteiger partial charge in [0, 0.05) is 6.20 Å². The molecule has 29 heavy (non-hydrogen) atoms. The zero-order chi connectivity index (χ0) is 20.0. The summed E-state index contributed by atoms with van der Waals surface area (Å²) >= 11 is 0. The van der Waals surface area contributed by atoms with Crippen molar-refractivity contribution in [2.45, 2.75) is 0 Å². The standard InChI is InChI=1S/C24H15NO4/c26-21-18(15-9-3-1-4-10-15)24(28)29-22-19(16-11-5-2-6-12-16)23(27)25-14-8-7-13-17(25)20(21)22/h1-14,26H. The van der Waals surface area contributed by atoms with E-state index in [4.69, 9.17) is 4.42 Å². The van der Waals surface area contributed by atoms with Crippen molar-refractivity contribution in [2.75, 3.05) is 0 Å². The van der Waals surface area contributed by atoms with Crippen LogP contribution in [0.4, 0.5) is 0 Å². The Labute approximate surface area is 164 Å². The van der Waals surface area contributed by atoms with Gasteiger partial charge in [0.2, 0.25) is 0 Å². The van der Waals surface area contributed by atoms with E-state index >= 15 is 0 Å². The molecule has 0 radical (unpaired) electrons. The lowest BCUT2D eigenvalue weighted by atomic mass is 10.00. The first-order valence-electron chi connectivity index (χ1n) is 9.11. The Kier molecular flexibility index (Phi) is 3.81. The molecule has 0 bridgehead atoms. The normalized spacial score (nSPS) is 11.2. The highest BCUT2D eigenvalue weighted by Gasteiger charge is 2.23. The number of pyridine rings is 2. The van der Waals surface area contributed by atoms with Crippen LogP contribution in [0, 0.1) is 0 Å². The van der Waals surface area contributed by atoms with Gasteiger partial charge in [-0.3, -0.25) is 9.20 Å². The van der Waals surface area contributed by atoms with Crippen molar-refractivity contribution in [3.05, 3.63) is 106 Å². The van der Waals surface area contributed by atoms with Crippen LogP contribution in [-0.2, 0) is 0 Å². The highest BCUT2D eigenvalue weighted by Crippen LogP contribution is 2.38. The molecule has 0 fully saturated rings. The molecule has 2 aromatic carbocycles. The molecule has 0 aliphatic rings. The Morgan fingerprint density at radius 1 is 0.724 bits per heavy atom. The molecule has 0 unspecified atom stereocenters. The van der Waals surface area contributed by atoms with Crippen molar-refractivity contribution < 1.29 is 9.52 Å². The van der Waals surface area contributed by atoms with Crippen LogP contribution in [0.25, 0.3) is 38.7 Å². The van der Waals surface area contributed by atoms with Gasteiger partial charge in [0.15, 0.2) is 5.58 Å². The highest BCUT2D eigenvalue weighted by molar-refractivity contribution is 6.06. The smallest absolute Gasteiger partial charge is 0.348 e. The van der Waals surface area contributed by atoms with E-state index in [0.717, 1.165) is 0 Å². The van der Waals surface area contributed by atoms with E-state index in [2.05, 4.69) is 0 Å². The van der Waals surface area contributed by atoms with Gasteiger partial charge in [0.1, 0.15) is 11.3 Å². The molecule has 5 nitrogen and oxygen atoms in total. The molecule has 0 saturated carbocycles. The second-order valence-corrected chi connectivity index (χ2v) is 6.69. The molecular formula is C24H15NO4. The van der Waals surface area contributed by atoms with E-state index in [1.807, 2.05) is 12.1 Å². The van der Waals surface area contributed by atoms with Crippen LogP contribution in [0.1, 0.15) is 0 Å². The summed E-state index contributed by atoms with van der Waals surface area (Å²) in [5.74, 6) is -0.205. The summed E-state index contributed by atoms with van der Waals surface area (Å²) in [7, 11) is 0. The van der Waals surface area contributed by atoms with Gasteiger partial charge in [0.25, 0.3) is 5.56 Å². The van der Waals surface area contributed by atoms with Gasteiger partial charge in [-0.05, 0) is 23.3 Å². The lowest BCUT2D eigenvalue weighted by molar-refractivity contribution is 0.471. The summed E-state index contributed by atoms with van der Waals surface area (Å²) in [6.07, 6.45) is 1.64. The van der Waals surface area contributed by atoms with Crippen molar-refractivity contribution in [3.63, 3.8) is 0 Å². The Bertz CT molecular complexity index is 1480. The van der Waals surface area contributed by atoms with Gasteiger partial charge in [-0.25, -0.2) is 4.79 Å². The third kappa shape index (κ3) is 2.56. The molecule has 0 atom stereocenters. The molecule has 0 saturated heterocycles. The topological polar surface area (TPSA) is 71.9 Å². The van der Waals surface area contributed by atoms with Gasteiger partial charge >= 0.3 is 5.63 Å². The SMILES string of the molecule is O=c1oc2c(-c3ccccc3)c(=O)n3ccccc3c2c(O)c1-c1ccccc1. The average molecular weight is 381 g/mol. The summed E-state index contributed by atoms with van der Waals surface area (Å²) < 4.78 is 7.13. The average Bonchev–Trinajstić information content (AvgIpc) is 2.75. The maximum Gasteiger partial charge on any atom is 0.348 e. The second-order valence-electron chi connectivity index (χ2n) is 6.69. The Morgan fingerprint density at radius 2 is 1.31 bits per heavy atom. The predicted molar refractivity (Wildman–Crippen MR) is 112 cm³/mol. The molecule has 1 N–H and O–H groups in total. The molecule has 3 aromatic heterocycles. The fourth-order valence-electron chi connectivity index (χ4n) is 3.70. The number of aromatic hydroxyl groups is 1. The number of hydrogen-bond acceptors (Lipinski definition) is 4. The van der Waals surface area contributed by atoms with Crippen molar-refractivity contribution >= 4 is 16.5 Å². The third-order valence-electron chi connectivity index (χ3n) is 5.00. The maximum atomic E-state index is 13.2. The molecule has 3 heterocycles.